The number of quaternary nitrogens is 1. The molecule has 0 saturated heterocycles. The zero-order chi connectivity index (χ0) is 10.7. The summed E-state index contributed by atoms with van der Waals surface area (Å²) >= 11 is 5.87. The molecule has 0 aliphatic carbocycles. The molecule has 0 fully saturated rings. The Morgan fingerprint density at radius 3 is 2.71 bits per heavy atom. The maximum Gasteiger partial charge on any atom is 0.138 e. The normalized spacial score (nSPS) is 12.6. The Kier molecular flexibility index (Phi) is 3.63. The lowest BCUT2D eigenvalue weighted by molar-refractivity contribution is -0.539. The van der Waals surface area contributed by atoms with Crippen LogP contribution in [0.5, 0.6) is 0 Å². The molecule has 0 aliphatic heterocycles. The summed E-state index contributed by atoms with van der Waals surface area (Å²) < 4.78 is 0. The number of benzene rings is 1. The largest absolute Gasteiger partial charge is 0.323 e. The Hall–Kier alpha value is -0.900. The zero-order valence-corrected chi connectivity index (χ0v) is 9.10. The average molecular weight is 213 g/mol. The summed E-state index contributed by atoms with van der Waals surface area (Å²) in [6.07, 6.45) is 0. The first-order chi connectivity index (χ1) is 6.56. The highest BCUT2D eigenvalue weighted by Crippen LogP contribution is 2.18. The maximum absolute atomic E-state index is 7.82. The highest BCUT2D eigenvalue weighted by molar-refractivity contribution is 6.31. The number of nitrogens with two attached hydrogens (primary N) is 2. The van der Waals surface area contributed by atoms with Crippen molar-refractivity contribution in [3.63, 3.8) is 0 Å². The van der Waals surface area contributed by atoms with Crippen LogP contribution in [0.3, 0.4) is 0 Å². The van der Waals surface area contributed by atoms with Crippen LogP contribution in [0.2, 0.25) is 5.02 Å². The van der Waals surface area contributed by atoms with E-state index in [1.54, 1.807) is 13.0 Å². The Labute approximate surface area is 88.8 Å². The van der Waals surface area contributed by atoms with Crippen molar-refractivity contribution < 1.29 is 5.32 Å². The van der Waals surface area contributed by atoms with E-state index in [9.17, 15) is 0 Å². The van der Waals surface area contributed by atoms with Gasteiger partial charge in [-0.15, -0.1) is 0 Å². The number of hydrogen-bond donors (Lipinski definition) is 3. The smallest absolute Gasteiger partial charge is 0.138 e. The third-order valence-electron chi connectivity index (χ3n) is 2.07. The lowest BCUT2D eigenvalue weighted by Gasteiger charge is -2.10. The van der Waals surface area contributed by atoms with Crippen molar-refractivity contribution in [2.24, 2.45) is 5.73 Å². The van der Waals surface area contributed by atoms with Crippen LogP contribution in [0.25, 0.3) is 0 Å². The topological polar surface area (TPSA) is 66.5 Å². The van der Waals surface area contributed by atoms with E-state index in [1.807, 2.05) is 24.5 Å². The minimum atomic E-state index is -0.271. The minimum Gasteiger partial charge on any atom is -0.323 e. The Morgan fingerprint density at radius 2 is 2.21 bits per heavy atom. The van der Waals surface area contributed by atoms with Crippen LogP contribution < -0.4 is 11.1 Å². The van der Waals surface area contributed by atoms with Crippen molar-refractivity contribution in [2.75, 3.05) is 7.05 Å². The first-order valence-electron chi connectivity index (χ1n) is 4.49. The molecule has 14 heavy (non-hydrogen) atoms. The highest BCUT2D eigenvalue weighted by Gasteiger charge is 2.13. The molecular weight excluding hydrogens is 198 g/mol. The van der Waals surface area contributed by atoms with E-state index in [0.29, 0.717) is 10.7 Å². The molecule has 0 saturated carbocycles. The second-order valence-corrected chi connectivity index (χ2v) is 3.66. The fraction of sp³-hybridized carbons (Fsp3) is 0.300. The van der Waals surface area contributed by atoms with Gasteiger partial charge in [0.1, 0.15) is 5.69 Å². The minimum absolute atomic E-state index is 0.271. The monoisotopic (exact) mass is 212 g/mol. The van der Waals surface area contributed by atoms with E-state index in [2.05, 4.69) is 0 Å². The summed E-state index contributed by atoms with van der Waals surface area (Å²) in [5, 5.41) is 10.4. The van der Waals surface area contributed by atoms with Crippen LogP contribution in [-0.2, 0) is 0 Å². The van der Waals surface area contributed by atoms with Gasteiger partial charge in [0, 0.05) is 17.1 Å². The van der Waals surface area contributed by atoms with Gasteiger partial charge in [0.25, 0.3) is 0 Å². The predicted molar refractivity (Wildman–Crippen MR) is 59.4 cm³/mol. The van der Waals surface area contributed by atoms with E-state index < -0.39 is 0 Å². The van der Waals surface area contributed by atoms with Crippen LogP contribution in [-0.4, -0.2) is 18.8 Å². The lowest BCUT2D eigenvalue weighted by atomic mass is 10.0. The van der Waals surface area contributed by atoms with Crippen molar-refractivity contribution in [1.29, 1.82) is 5.41 Å². The summed E-state index contributed by atoms with van der Waals surface area (Å²) in [7, 11) is 1.93. The van der Waals surface area contributed by atoms with E-state index >= 15 is 0 Å². The third kappa shape index (κ3) is 2.32. The van der Waals surface area contributed by atoms with Gasteiger partial charge in [0.2, 0.25) is 0 Å². The third-order valence-corrected chi connectivity index (χ3v) is 2.31. The van der Waals surface area contributed by atoms with Gasteiger partial charge in [-0.25, -0.2) is 0 Å². The lowest BCUT2D eigenvalue weighted by Crippen LogP contribution is -2.73. The van der Waals surface area contributed by atoms with Gasteiger partial charge >= 0.3 is 0 Å². The van der Waals surface area contributed by atoms with E-state index in [1.165, 1.54) is 0 Å². The second-order valence-electron chi connectivity index (χ2n) is 3.22. The maximum atomic E-state index is 7.82. The van der Waals surface area contributed by atoms with Gasteiger partial charge in [-0.2, -0.15) is 0 Å². The molecule has 0 aromatic heterocycles. The van der Waals surface area contributed by atoms with E-state index in [4.69, 9.17) is 22.7 Å². The number of hydrogen-bond acceptors (Lipinski definition) is 2. The van der Waals surface area contributed by atoms with Crippen molar-refractivity contribution in [1.82, 2.24) is 0 Å². The van der Waals surface area contributed by atoms with Gasteiger partial charge in [-0.3, -0.25) is 0 Å². The van der Waals surface area contributed by atoms with Crippen molar-refractivity contribution in [2.45, 2.75) is 13.0 Å². The average Bonchev–Trinajstić information content (AvgIpc) is 2.16. The Morgan fingerprint density at radius 1 is 1.57 bits per heavy atom. The van der Waals surface area contributed by atoms with Gasteiger partial charge in [0.05, 0.1) is 18.3 Å². The van der Waals surface area contributed by atoms with Crippen LogP contribution >= 0.6 is 11.6 Å². The molecule has 76 valence electrons. The molecule has 1 rings (SSSR count). The molecule has 0 heterocycles. The standard InChI is InChI=1S/C10H14ClN3/c1-6(12)10(13)8-5-7(11)3-4-9(8)14-2/h3-6,13-14H,12H2,1-2H3/p+1. The predicted octanol–water partition coefficient (Wildman–Crippen LogP) is 0.880. The summed E-state index contributed by atoms with van der Waals surface area (Å²) in [4.78, 5) is 0. The molecule has 5 N–H and O–H groups in total. The molecule has 0 amide bonds. The highest BCUT2D eigenvalue weighted by atomic mass is 35.5. The SMILES string of the molecule is C[NH2+]c1ccc(Cl)cc1C(=N)C(C)N. The van der Waals surface area contributed by atoms with Crippen molar-refractivity contribution >= 4 is 23.0 Å². The van der Waals surface area contributed by atoms with E-state index in [-0.39, 0.29) is 6.04 Å². The van der Waals surface area contributed by atoms with Gasteiger partial charge in [0.15, 0.2) is 0 Å². The number of rotatable bonds is 3. The first kappa shape index (κ1) is 11.2. The second kappa shape index (κ2) is 4.55. The van der Waals surface area contributed by atoms with Crippen molar-refractivity contribution in [3.05, 3.63) is 28.8 Å². The van der Waals surface area contributed by atoms with Gasteiger partial charge in [-0.05, 0) is 19.1 Å². The molecular formula is C10H15ClN3+. The van der Waals surface area contributed by atoms with Crippen molar-refractivity contribution in [3.8, 4) is 0 Å². The molecule has 0 spiro atoms. The summed E-state index contributed by atoms with van der Waals surface area (Å²) in [6.45, 7) is 1.79. The van der Waals surface area contributed by atoms with Crippen LogP contribution in [0.1, 0.15) is 12.5 Å². The fourth-order valence-electron chi connectivity index (χ4n) is 1.26. The molecule has 1 aromatic rings. The van der Waals surface area contributed by atoms with Crippen LogP contribution in [0.4, 0.5) is 5.69 Å². The van der Waals surface area contributed by atoms with E-state index in [0.717, 1.165) is 11.3 Å². The quantitative estimate of drug-likeness (QED) is 0.506. The number of nitrogens with one attached hydrogen (secondary N) is 1. The molecule has 3 nitrogen and oxygen atoms in total. The van der Waals surface area contributed by atoms with Gasteiger partial charge < -0.3 is 16.5 Å². The molecule has 0 aliphatic rings. The number of halogens is 1. The molecule has 1 unspecified atom stereocenters. The Bertz CT molecular complexity index is 347. The summed E-state index contributed by atoms with van der Waals surface area (Å²) in [5.41, 5.74) is 7.89. The van der Waals surface area contributed by atoms with Crippen LogP contribution in [0.15, 0.2) is 18.2 Å². The van der Waals surface area contributed by atoms with Crippen LogP contribution in [0, 0.1) is 5.41 Å². The molecule has 4 heteroatoms. The molecule has 0 radical (unpaired) electrons. The molecule has 1 atom stereocenters. The first-order valence-corrected chi connectivity index (χ1v) is 4.87. The summed E-state index contributed by atoms with van der Waals surface area (Å²) in [6, 6.07) is 5.22. The van der Waals surface area contributed by atoms with Gasteiger partial charge in [-0.1, -0.05) is 11.6 Å². The molecule has 1 aromatic carbocycles. The fourth-order valence-corrected chi connectivity index (χ4v) is 1.43. The zero-order valence-electron chi connectivity index (χ0n) is 8.34. The molecule has 0 bridgehead atoms. The summed E-state index contributed by atoms with van der Waals surface area (Å²) in [5.74, 6) is 0. The Balaban J connectivity index is 3.17.